The number of aromatic nitrogens is 1. The van der Waals surface area contributed by atoms with Gasteiger partial charge in [-0.25, -0.2) is 8.78 Å². The zero-order valence-corrected chi connectivity index (χ0v) is 8.08. The molecule has 0 aliphatic carbocycles. The Morgan fingerprint density at radius 2 is 2.12 bits per heavy atom. The van der Waals surface area contributed by atoms with Crippen molar-refractivity contribution in [1.29, 1.82) is 5.26 Å². The molecule has 80 valence electrons. The summed E-state index contributed by atoms with van der Waals surface area (Å²) in [7, 11) is 0. The second kappa shape index (κ2) is 4.11. The lowest BCUT2D eigenvalue weighted by atomic mass is 10.1. The molecule has 3 nitrogen and oxygen atoms in total. The highest BCUT2D eigenvalue weighted by atomic mass is 19.1. The van der Waals surface area contributed by atoms with Crippen LogP contribution >= 0.6 is 0 Å². The summed E-state index contributed by atoms with van der Waals surface area (Å²) in [5.74, 6) is -1.19. The normalized spacial score (nSPS) is 10.1. The first-order valence-electron chi connectivity index (χ1n) is 4.48. The molecule has 0 bridgehead atoms. The van der Waals surface area contributed by atoms with Crippen molar-refractivity contribution in [2.75, 3.05) is 0 Å². The Morgan fingerprint density at radius 3 is 2.81 bits per heavy atom. The van der Waals surface area contributed by atoms with Crippen LogP contribution in [0.5, 0.6) is 0 Å². The van der Waals surface area contributed by atoms with E-state index in [0.717, 1.165) is 12.1 Å². The number of benzene rings is 1. The molecule has 1 aromatic heterocycles. The smallest absolute Gasteiger partial charge is 0.170 e. The van der Waals surface area contributed by atoms with Crippen LogP contribution in [0.15, 0.2) is 28.8 Å². The molecule has 0 saturated heterocycles. The van der Waals surface area contributed by atoms with E-state index in [2.05, 4.69) is 5.16 Å². The molecule has 0 aliphatic heterocycles. The van der Waals surface area contributed by atoms with E-state index in [1.54, 1.807) is 0 Å². The predicted molar refractivity (Wildman–Crippen MR) is 51.2 cm³/mol. The van der Waals surface area contributed by atoms with Crippen LogP contribution in [0.25, 0.3) is 11.3 Å². The maximum atomic E-state index is 13.3. The van der Waals surface area contributed by atoms with Crippen molar-refractivity contribution in [1.82, 2.24) is 5.16 Å². The molecule has 0 aliphatic rings. The molecule has 16 heavy (non-hydrogen) atoms. The lowest BCUT2D eigenvalue weighted by Gasteiger charge is -1.97. The molecule has 0 spiro atoms. The van der Waals surface area contributed by atoms with E-state index in [1.165, 1.54) is 12.1 Å². The molecule has 0 radical (unpaired) electrons. The first kappa shape index (κ1) is 10.3. The standard InChI is InChI=1S/C11H6F2N2O/c12-7-1-2-9(10(13)5-7)11-6-8(3-4-14)15-16-11/h1-2,5-6H,3H2. The average molecular weight is 220 g/mol. The molecular weight excluding hydrogens is 214 g/mol. The van der Waals surface area contributed by atoms with Crippen LogP contribution in [0.2, 0.25) is 0 Å². The van der Waals surface area contributed by atoms with Gasteiger partial charge in [0.15, 0.2) is 5.76 Å². The number of hydrogen-bond donors (Lipinski definition) is 0. The Hall–Kier alpha value is -2.22. The van der Waals surface area contributed by atoms with Gasteiger partial charge in [-0.3, -0.25) is 0 Å². The summed E-state index contributed by atoms with van der Waals surface area (Å²) < 4.78 is 30.9. The molecule has 1 aromatic carbocycles. The minimum atomic E-state index is -0.723. The first-order chi connectivity index (χ1) is 7.70. The zero-order valence-electron chi connectivity index (χ0n) is 8.08. The maximum Gasteiger partial charge on any atom is 0.170 e. The second-order valence-corrected chi connectivity index (χ2v) is 3.14. The van der Waals surface area contributed by atoms with Gasteiger partial charge >= 0.3 is 0 Å². The van der Waals surface area contributed by atoms with E-state index < -0.39 is 11.6 Å². The summed E-state index contributed by atoms with van der Waals surface area (Å²) >= 11 is 0. The van der Waals surface area contributed by atoms with Crippen LogP contribution in [0.4, 0.5) is 8.78 Å². The third-order valence-electron chi connectivity index (χ3n) is 2.02. The molecule has 0 unspecified atom stereocenters. The number of nitriles is 1. The van der Waals surface area contributed by atoms with Gasteiger partial charge in [0.1, 0.15) is 11.6 Å². The lowest BCUT2D eigenvalue weighted by Crippen LogP contribution is -1.84. The topological polar surface area (TPSA) is 49.8 Å². The van der Waals surface area contributed by atoms with Gasteiger partial charge in [0.25, 0.3) is 0 Å². The van der Waals surface area contributed by atoms with E-state index in [-0.39, 0.29) is 17.7 Å². The summed E-state index contributed by atoms with van der Waals surface area (Å²) in [6.45, 7) is 0. The van der Waals surface area contributed by atoms with E-state index >= 15 is 0 Å². The van der Waals surface area contributed by atoms with Crippen molar-refractivity contribution < 1.29 is 13.3 Å². The van der Waals surface area contributed by atoms with E-state index in [9.17, 15) is 8.78 Å². The number of nitrogens with zero attached hydrogens (tertiary/aromatic N) is 2. The van der Waals surface area contributed by atoms with Gasteiger partial charge < -0.3 is 4.52 Å². The van der Waals surface area contributed by atoms with Crippen molar-refractivity contribution in [2.45, 2.75) is 6.42 Å². The molecule has 1 heterocycles. The lowest BCUT2D eigenvalue weighted by molar-refractivity contribution is 0.423. The summed E-state index contributed by atoms with van der Waals surface area (Å²) in [5.41, 5.74) is 0.541. The molecule has 2 aromatic rings. The first-order valence-corrected chi connectivity index (χ1v) is 4.48. The second-order valence-electron chi connectivity index (χ2n) is 3.14. The molecule has 0 atom stereocenters. The van der Waals surface area contributed by atoms with Crippen LogP contribution < -0.4 is 0 Å². The van der Waals surface area contributed by atoms with Crippen molar-refractivity contribution in [3.8, 4) is 17.4 Å². The molecule has 5 heteroatoms. The zero-order chi connectivity index (χ0) is 11.5. The highest BCUT2D eigenvalue weighted by molar-refractivity contribution is 5.58. The monoisotopic (exact) mass is 220 g/mol. The number of hydrogen-bond acceptors (Lipinski definition) is 3. The Kier molecular flexibility index (Phi) is 2.64. The maximum absolute atomic E-state index is 13.3. The predicted octanol–water partition coefficient (Wildman–Crippen LogP) is 2.69. The minimum absolute atomic E-state index is 0.0896. The highest BCUT2D eigenvalue weighted by Gasteiger charge is 2.11. The van der Waals surface area contributed by atoms with Gasteiger partial charge in [0, 0.05) is 12.1 Å². The number of rotatable bonds is 2. The summed E-state index contributed by atoms with van der Waals surface area (Å²) in [4.78, 5) is 0. The molecule has 0 saturated carbocycles. The Morgan fingerprint density at radius 1 is 1.31 bits per heavy atom. The number of halogens is 2. The van der Waals surface area contributed by atoms with Crippen LogP contribution in [0.3, 0.4) is 0 Å². The fourth-order valence-corrected chi connectivity index (χ4v) is 1.29. The van der Waals surface area contributed by atoms with Gasteiger partial charge in [0.2, 0.25) is 0 Å². The van der Waals surface area contributed by atoms with Gasteiger partial charge in [0.05, 0.1) is 23.7 Å². The summed E-state index contributed by atoms with van der Waals surface area (Å²) in [6, 6.07) is 6.51. The molecule has 0 amide bonds. The van der Waals surface area contributed by atoms with Gasteiger partial charge in [-0.15, -0.1) is 0 Å². The van der Waals surface area contributed by atoms with Crippen LogP contribution in [-0.2, 0) is 6.42 Å². The SMILES string of the molecule is N#CCc1cc(-c2ccc(F)cc2F)on1. The van der Waals surface area contributed by atoms with E-state index in [0.29, 0.717) is 5.69 Å². The molecular formula is C11H6F2N2O. The van der Waals surface area contributed by atoms with E-state index in [4.69, 9.17) is 9.78 Å². The third-order valence-corrected chi connectivity index (χ3v) is 2.02. The fourth-order valence-electron chi connectivity index (χ4n) is 1.29. The highest BCUT2D eigenvalue weighted by Crippen LogP contribution is 2.24. The minimum Gasteiger partial charge on any atom is -0.356 e. The quantitative estimate of drug-likeness (QED) is 0.781. The van der Waals surface area contributed by atoms with Gasteiger partial charge in [-0.1, -0.05) is 5.16 Å². The van der Waals surface area contributed by atoms with Crippen molar-refractivity contribution in [2.24, 2.45) is 0 Å². The largest absolute Gasteiger partial charge is 0.356 e. The van der Waals surface area contributed by atoms with Gasteiger partial charge in [-0.05, 0) is 12.1 Å². The molecule has 0 N–H and O–H groups in total. The summed E-state index contributed by atoms with van der Waals surface area (Å²) in [6.07, 6.45) is 0.0896. The van der Waals surface area contributed by atoms with Crippen LogP contribution in [-0.4, -0.2) is 5.16 Å². The van der Waals surface area contributed by atoms with Crippen molar-refractivity contribution in [3.63, 3.8) is 0 Å². The average Bonchev–Trinajstić information content (AvgIpc) is 2.67. The Bertz CT molecular complexity index is 557. The van der Waals surface area contributed by atoms with Gasteiger partial charge in [-0.2, -0.15) is 5.26 Å². The fraction of sp³-hybridized carbons (Fsp3) is 0.0909. The third kappa shape index (κ3) is 1.91. The van der Waals surface area contributed by atoms with Crippen molar-refractivity contribution >= 4 is 0 Å². The molecule has 2 rings (SSSR count). The Labute approximate surface area is 89.9 Å². The van der Waals surface area contributed by atoms with Crippen molar-refractivity contribution in [3.05, 3.63) is 41.6 Å². The van der Waals surface area contributed by atoms with Crippen LogP contribution in [0, 0.1) is 23.0 Å². The summed E-state index contributed by atoms with van der Waals surface area (Å²) in [5, 5.41) is 12.0. The van der Waals surface area contributed by atoms with E-state index in [1.807, 2.05) is 6.07 Å². The Balaban J connectivity index is 2.39. The van der Waals surface area contributed by atoms with Crippen LogP contribution in [0.1, 0.15) is 5.69 Å². The molecule has 0 fully saturated rings.